The highest BCUT2D eigenvalue weighted by Crippen LogP contribution is 2.31. The minimum atomic E-state index is 0.719. The highest BCUT2D eigenvalue weighted by Gasteiger charge is 2.14. The summed E-state index contributed by atoms with van der Waals surface area (Å²) >= 11 is 6.49. The summed E-state index contributed by atoms with van der Waals surface area (Å²) in [4.78, 5) is 4.06. The van der Waals surface area contributed by atoms with Crippen molar-refractivity contribution in [2.75, 3.05) is 18.4 Å². The summed E-state index contributed by atoms with van der Waals surface area (Å²) in [6.07, 6.45) is 5.47. The zero-order chi connectivity index (χ0) is 18.5. The largest absolute Gasteiger partial charge is 0.456 e. The number of fused-ring (bicyclic) bond motifs is 1. The monoisotopic (exact) mass is 379 g/mol. The Morgan fingerprint density at radius 2 is 1.85 bits per heavy atom. The molecule has 0 saturated heterocycles. The molecule has 2 heterocycles. The molecule has 1 aliphatic heterocycles. The van der Waals surface area contributed by atoms with Crippen molar-refractivity contribution in [1.82, 2.24) is 10.3 Å². The second-order valence-corrected chi connectivity index (χ2v) is 7.01. The van der Waals surface area contributed by atoms with E-state index < -0.39 is 0 Å². The minimum Gasteiger partial charge on any atom is -0.456 e. The van der Waals surface area contributed by atoms with Crippen molar-refractivity contribution in [1.29, 1.82) is 0 Å². The number of aromatic nitrogens is 1. The Morgan fingerprint density at radius 3 is 2.67 bits per heavy atom. The van der Waals surface area contributed by atoms with Crippen molar-refractivity contribution in [3.8, 4) is 11.5 Å². The predicted octanol–water partition coefficient (Wildman–Crippen LogP) is 4.83. The van der Waals surface area contributed by atoms with Crippen LogP contribution in [0.3, 0.4) is 0 Å². The van der Waals surface area contributed by atoms with Crippen molar-refractivity contribution in [2.45, 2.75) is 19.4 Å². The maximum absolute atomic E-state index is 6.49. The Balaban J connectivity index is 1.45. The van der Waals surface area contributed by atoms with Crippen molar-refractivity contribution in [3.05, 3.63) is 82.6 Å². The molecule has 1 aliphatic rings. The van der Waals surface area contributed by atoms with Crippen molar-refractivity contribution in [2.24, 2.45) is 0 Å². The molecule has 1 aromatic heterocycles. The summed E-state index contributed by atoms with van der Waals surface area (Å²) in [5.41, 5.74) is 4.96. The number of hydrogen-bond acceptors (Lipinski definition) is 4. The molecule has 0 fully saturated rings. The van der Waals surface area contributed by atoms with Gasteiger partial charge in [-0.05, 0) is 73.0 Å². The predicted molar refractivity (Wildman–Crippen MR) is 110 cm³/mol. The fourth-order valence-corrected chi connectivity index (χ4v) is 3.59. The average Bonchev–Trinajstić information content (AvgIpc) is 2.95. The van der Waals surface area contributed by atoms with E-state index >= 15 is 0 Å². The van der Waals surface area contributed by atoms with Gasteiger partial charge in [0.25, 0.3) is 0 Å². The SMILES string of the molecule is Clc1ccc2c(c1NCc1ccc(Oc3cccnc3)cc1)CCNCC2. The first-order valence-electron chi connectivity index (χ1n) is 9.21. The van der Waals surface area contributed by atoms with Gasteiger partial charge in [0, 0.05) is 12.7 Å². The van der Waals surface area contributed by atoms with Crippen LogP contribution >= 0.6 is 11.6 Å². The van der Waals surface area contributed by atoms with E-state index in [1.165, 1.54) is 16.7 Å². The molecule has 0 radical (unpaired) electrons. The van der Waals surface area contributed by atoms with Gasteiger partial charge in [0.15, 0.2) is 0 Å². The van der Waals surface area contributed by atoms with Gasteiger partial charge >= 0.3 is 0 Å². The molecule has 0 atom stereocenters. The quantitative estimate of drug-likeness (QED) is 0.666. The highest BCUT2D eigenvalue weighted by atomic mass is 35.5. The van der Waals surface area contributed by atoms with Gasteiger partial charge in [-0.15, -0.1) is 0 Å². The maximum atomic E-state index is 6.49. The summed E-state index contributed by atoms with van der Waals surface area (Å²) < 4.78 is 5.79. The van der Waals surface area contributed by atoms with Gasteiger partial charge in [-0.3, -0.25) is 4.98 Å². The molecule has 0 spiro atoms. The Hall–Kier alpha value is -2.56. The number of anilines is 1. The van der Waals surface area contributed by atoms with Crippen molar-refractivity contribution in [3.63, 3.8) is 0 Å². The van der Waals surface area contributed by atoms with Crippen LogP contribution in [0.5, 0.6) is 11.5 Å². The van der Waals surface area contributed by atoms with E-state index in [1.807, 2.05) is 30.3 Å². The molecule has 4 nitrogen and oxygen atoms in total. The molecule has 0 unspecified atom stereocenters. The number of nitrogens with one attached hydrogen (secondary N) is 2. The molecule has 2 N–H and O–H groups in total. The Morgan fingerprint density at radius 1 is 1.00 bits per heavy atom. The number of ether oxygens (including phenoxy) is 1. The summed E-state index contributed by atoms with van der Waals surface area (Å²) in [6, 6.07) is 16.0. The molecule has 4 rings (SSSR count). The van der Waals surface area contributed by atoms with E-state index in [1.54, 1.807) is 12.4 Å². The molecular weight excluding hydrogens is 358 g/mol. The zero-order valence-electron chi connectivity index (χ0n) is 15.0. The van der Waals surface area contributed by atoms with Crippen LogP contribution < -0.4 is 15.4 Å². The third-order valence-corrected chi connectivity index (χ3v) is 5.06. The smallest absolute Gasteiger partial charge is 0.145 e. The molecule has 2 aromatic carbocycles. The van der Waals surface area contributed by atoms with Crippen LogP contribution in [0.2, 0.25) is 5.02 Å². The third kappa shape index (κ3) is 4.41. The first-order valence-corrected chi connectivity index (χ1v) is 9.59. The molecule has 3 aromatic rings. The third-order valence-electron chi connectivity index (χ3n) is 4.74. The van der Waals surface area contributed by atoms with Gasteiger partial charge in [-0.25, -0.2) is 0 Å². The van der Waals surface area contributed by atoms with Crippen molar-refractivity contribution < 1.29 is 4.74 Å². The summed E-state index contributed by atoms with van der Waals surface area (Å²) in [5, 5.41) is 7.78. The molecule has 0 amide bonds. The molecular formula is C22H22ClN3O. The number of nitrogens with zero attached hydrogens (tertiary/aromatic N) is 1. The number of benzene rings is 2. The fourth-order valence-electron chi connectivity index (χ4n) is 3.34. The standard InChI is InChI=1S/C22H22ClN3O/c23-21-8-5-17-9-12-24-13-10-20(17)22(21)26-14-16-3-6-18(7-4-16)27-19-2-1-11-25-15-19/h1-8,11,15,24,26H,9-10,12-14H2. The number of halogens is 1. The van der Waals surface area contributed by atoms with Crippen LogP contribution in [0.1, 0.15) is 16.7 Å². The lowest BCUT2D eigenvalue weighted by molar-refractivity contribution is 0.480. The summed E-state index contributed by atoms with van der Waals surface area (Å²) in [7, 11) is 0. The first kappa shape index (κ1) is 17.8. The highest BCUT2D eigenvalue weighted by molar-refractivity contribution is 6.33. The molecule has 0 bridgehead atoms. The fraction of sp³-hybridized carbons (Fsp3) is 0.227. The Labute approximate surface area is 164 Å². The molecule has 0 aliphatic carbocycles. The van der Waals surface area contributed by atoms with Crippen LogP contribution in [0.4, 0.5) is 5.69 Å². The molecule has 27 heavy (non-hydrogen) atoms. The van der Waals surface area contributed by atoms with Crippen LogP contribution in [-0.4, -0.2) is 18.1 Å². The van der Waals surface area contributed by atoms with E-state index in [0.717, 1.165) is 54.7 Å². The van der Waals surface area contributed by atoms with Gasteiger partial charge in [-0.1, -0.05) is 29.8 Å². The number of pyridine rings is 1. The number of hydrogen-bond donors (Lipinski definition) is 2. The van der Waals surface area contributed by atoms with E-state index in [9.17, 15) is 0 Å². The maximum Gasteiger partial charge on any atom is 0.145 e. The van der Waals surface area contributed by atoms with E-state index in [-0.39, 0.29) is 0 Å². The summed E-state index contributed by atoms with van der Waals surface area (Å²) in [5.74, 6) is 1.53. The lowest BCUT2D eigenvalue weighted by Gasteiger charge is -2.16. The van der Waals surface area contributed by atoms with Gasteiger partial charge in [0.1, 0.15) is 11.5 Å². The van der Waals surface area contributed by atoms with Gasteiger partial charge in [0.05, 0.1) is 16.9 Å². The lowest BCUT2D eigenvalue weighted by Crippen LogP contribution is -2.16. The van der Waals surface area contributed by atoms with Crippen molar-refractivity contribution >= 4 is 17.3 Å². The minimum absolute atomic E-state index is 0.719. The molecule has 0 saturated carbocycles. The Kier molecular flexibility index (Phi) is 5.56. The van der Waals surface area contributed by atoms with E-state index in [2.05, 4.69) is 33.8 Å². The normalized spacial score (nSPS) is 13.5. The average molecular weight is 380 g/mol. The van der Waals surface area contributed by atoms with Gasteiger partial charge < -0.3 is 15.4 Å². The van der Waals surface area contributed by atoms with Crippen LogP contribution in [0.15, 0.2) is 60.9 Å². The topological polar surface area (TPSA) is 46.2 Å². The Bertz CT molecular complexity index is 897. The second kappa shape index (κ2) is 8.42. The molecule has 5 heteroatoms. The van der Waals surface area contributed by atoms with Gasteiger partial charge in [-0.2, -0.15) is 0 Å². The zero-order valence-corrected chi connectivity index (χ0v) is 15.8. The van der Waals surface area contributed by atoms with E-state index in [4.69, 9.17) is 16.3 Å². The summed E-state index contributed by atoms with van der Waals surface area (Å²) in [6.45, 7) is 2.73. The van der Waals surface area contributed by atoms with Crippen LogP contribution in [-0.2, 0) is 19.4 Å². The number of rotatable bonds is 5. The van der Waals surface area contributed by atoms with Crippen LogP contribution in [0, 0.1) is 0 Å². The molecule has 138 valence electrons. The second-order valence-electron chi connectivity index (χ2n) is 6.60. The van der Waals surface area contributed by atoms with Gasteiger partial charge in [0.2, 0.25) is 0 Å². The lowest BCUT2D eigenvalue weighted by atomic mass is 10.0. The van der Waals surface area contributed by atoms with E-state index in [0.29, 0.717) is 0 Å². The van der Waals surface area contributed by atoms with Crippen LogP contribution in [0.25, 0.3) is 0 Å². The first-order chi connectivity index (χ1) is 13.3.